The summed E-state index contributed by atoms with van der Waals surface area (Å²) in [5, 5.41) is 19.1. The highest BCUT2D eigenvalue weighted by atomic mass is 35.5. The third-order valence-corrected chi connectivity index (χ3v) is 3.80. The van der Waals surface area contributed by atoms with E-state index in [2.05, 4.69) is 16.0 Å². The quantitative estimate of drug-likeness (QED) is 0.339. The molecule has 0 bridgehead atoms. The van der Waals surface area contributed by atoms with Gasteiger partial charge in [-0.1, -0.05) is 0 Å². The first-order valence-corrected chi connectivity index (χ1v) is 8.28. The zero-order valence-corrected chi connectivity index (χ0v) is 14.3. The van der Waals surface area contributed by atoms with Crippen molar-refractivity contribution in [3.63, 3.8) is 0 Å². The molecule has 0 aliphatic heterocycles. The smallest absolute Gasteiger partial charge is 0.293 e. The summed E-state index contributed by atoms with van der Waals surface area (Å²) in [7, 11) is -1.87. The molecule has 0 aliphatic rings. The zero-order chi connectivity index (χ0) is 16.8. The molecule has 1 rings (SSSR count). The van der Waals surface area contributed by atoms with Crippen LogP contribution >= 0.6 is 12.4 Å². The maximum atomic E-state index is 11.4. The number of rotatable bonds is 8. The van der Waals surface area contributed by atoms with Crippen LogP contribution in [0.1, 0.15) is 0 Å². The molecule has 0 unspecified atom stereocenters. The first-order chi connectivity index (χ1) is 10.3. The van der Waals surface area contributed by atoms with Crippen LogP contribution in [-0.4, -0.2) is 52.2 Å². The van der Waals surface area contributed by atoms with Crippen molar-refractivity contribution in [3.8, 4) is 0 Å². The second-order valence-electron chi connectivity index (χ2n) is 4.52. The molecule has 23 heavy (non-hydrogen) atoms. The molecule has 0 atom stereocenters. The van der Waals surface area contributed by atoms with Gasteiger partial charge in [-0.05, 0) is 19.2 Å². The van der Waals surface area contributed by atoms with Crippen molar-refractivity contribution < 1.29 is 18.1 Å². The van der Waals surface area contributed by atoms with E-state index in [0.29, 0.717) is 0 Å². The van der Waals surface area contributed by atoms with E-state index in [1.165, 1.54) is 12.1 Å². The van der Waals surface area contributed by atoms with Crippen LogP contribution in [0, 0.1) is 10.1 Å². The van der Waals surface area contributed by atoms with Gasteiger partial charge in [-0.15, -0.1) is 12.4 Å². The van der Waals surface area contributed by atoms with Crippen molar-refractivity contribution in [1.29, 1.82) is 0 Å². The molecule has 3 N–H and O–H groups in total. The summed E-state index contributed by atoms with van der Waals surface area (Å²) in [6, 6.07) is 3.64. The summed E-state index contributed by atoms with van der Waals surface area (Å²) in [6.07, 6.45) is 0.983. The molecule has 130 valence electrons. The van der Waals surface area contributed by atoms with Crippen LogP contribution in [0.5, 0.6) is 0 Å². The van der Waals surface area contributed by atoms with Crippen molar-refractivity contribution in [2.45, 2.75) is 4.90 Å². The molecule has 9 nitrogen and oxygen atoms in total. The topological polar surface area (TPSA) is 130 Å². The first-order valence-electron chi connectivity index (χ1n) is 6.39. The molecule has 0 heterocycles. The number of likely N-dealkylation sites (N-methyl/N-ethyl adjacent to an activating group) is 1. The molecule has 0 fully saturated rings. The van der Waals surface area contributed by atoms with E-state index < -0.39 is 14.8 Å². The fourth-order valence-electron chi connectivity index (χ4n) is 1.66. The monoisotopic (exact) mass is 366 g/mol. The van der Waals surface area contributed by atoms with Crippen LogP contribution in [0.15, 0.2) is 23.1 Å². The fourth-order valence-corrected chi connectivity index (χ4v) is 2.31. The molecule has 0 saturated heterocycles. The van der Waals surface area contributed by atoms with Crippen molar-refractivity contribution in [3.05, 3.63) is 28.3 Å². The Bertz CT molecular complexity index is 665. The second-order valence-corrected chi connectivity index (χ2v) is 6.53. The fraction of sp³-hybridized carbons (Fsp3) is 0.417. The van der Waals surface area contributed by atoms with E-state index in [1.54, 1.807) is 7.05 Å². The predicted octanol–water partition coefficient (Wildman–Crippen LogP) is 0.168. The molecule has 0 aliphatic carbocycles. The Labute approximate surface area is 140 Å². The number of anilines is 1. The maximum Gasteiger partial charge on any atom is 0.293 e. The Balaban J connectivity index is 0.00000484. The van der Waals surface area contributed by atoms with Gasteiger partial charge >= 0.3 is 0 Å². The van der Waals surface area contributed by atoms with Gasteiger partial charge in [0.1, 0.15) is 5.69 Å². The molecule has 11 heteroatoms. The van der Waals surface area contributed by atoms with E-state index in [1.807, 2.05) is 0 Å². The average Bonchev–Trinajstić information content (AvgIpc) is 2.42. The predicted molar refractivity (Wildman–Crippen MR) is 88.9 cm³/mol. The van der Waals surface area contributed by atoms with E-state index in [-0.39, 0.29) is 54.2 Å². The van der Waals surface area contributed by atoms with E-state index in [9.17, 15) is 23.3 Å². The number of hydrogen-bond acceptors (Lipinski definition) is 7. The van der Waals surface area contributed by atoms with Gasteiger partial charge in [0.05, 0.1) is 16.4 Å². The maximum absolute atomic E-state index is 11.4. The molecular weight excluding hydrogens is 348 g/mol. The number of halogens is 1. The standard InChI is InChI=1S/C12H18N4O5S.ClH/c1-13-8-12(17)15-6-5-14-10-4-3-9(22(2,20)21)7-11(10)16(18)19;/h3-4,7,13-14H,5-6,8H2,1-2H3,(H,15,17);1H. The van der Waals surface area contributed by atoms with E-state index in [4.69, 9.17) is 0 Å². The summed E-state index contributed by atoms with van der Waals surface area (Å²) < 4.78 is 22.8. The largest absolute Gasteiger partial charge is 0.378 e. The van der Waals surface area contributed by atoms with Gasteiger partial charge in [0.25, 0.3) is 5.69 Å². The second kappa shape index (κ2) is 9.28. The Kier molecular flexibility index (Phi) is 8.51. The number of nitro benzene ring substituents is 1. The Morgan fingerprint density at radius 3 is 2.48 bits per heavy atom. The zero-order valence-electron chi connectivity index (χ0n) is 12.7. The van der Waals surface area contributed by atoms with Gasteiger partial charge in [-0.2, -0.15) is 0 Å². The summed E-state index contributed by atoms with van der Waals surface area (Å²) in [4.78, 5) is 21.5. The summed E-state index contributed by atoms with van der Waals surface area (Å²) in [6.45, 7) is 0.739. The number of amides is 1. The number of benzene rings is 1. The number of sulfone groups is 1. The molecule has 0 aromatic heterocycles. The number of nitrogens with one attached hydrogen (secondary N) is 3. The third kappa shape index (κ3) is 6.80. The van der Waals surface area contributed by atoms with Gasteiger partial charge < -0.3 is 16.0 Å². The number of nitro groups is 1. The van der Waals surface area contributed by atoms with Crippen molar-refractivity contribution in [2.75, 3.05) is 38.3 Å². The van der Waals surface area contributed by atoms with Gasteiger partial charge in [0, 0.05) is 25.4 Å². The number of nitrogens with zero attached hydrogens (tertiary/aromatic N) is 1. The van der Waals surface area contributed by atoms with Gasteiger partial charge in [-0.3, -0.25) is 14.9 Å². The SMILES string of the molecule is CNCC(=O)NCCNc1ccc(S(C)(=O)=O)cc1[N+](=O)[O-].Cl. The van der Waals surface area contributed by atoms with Crippen LogP contribution in [0.3, 0.4) is 0 Å². The minimum atomic E-state index is -3.51. The van der Waals surface area contributed by atoms with Gasteiger partial charge in [0.15, 0.2) is 9.84 Å². The highest BCUT2D eigenvalue weighted by Crippen LogP contribution is 2.27. The average molecular weight is 367 g/mol. The summed E-state index contributed by atoms with van der Waals surface area (Å²) in [5.74, 6) is -0.189. The lowest BCUT2D eigenvalue weighted by Gasteiger charge is -2.09. The molecule has 0 radical (unpaired) electrons. The number of carbonyl (C=O) groups excluding carboxylic acids is 1. The van der Waals surface area contributed by atoms with E-state index in [0.717, 1.165) is 12.3 Å². The van der Waals surface area contributed by atoms with Crippen molar-refractivity contribution in [1.82, 2.24) is 10.6 Å². The number of hydrogen-bond donors (Lipinski definition) is 3. The lowest BCUT2D eigenvalue weighted by atomic mass is 10.2. The molecule has 0 spiro atoms. The van der Waals surface area contributed by atoms with Crippen LogP contribution < -0.4 is 16.0 Å². The summed E-state index contributed by atoms with van der Waals surface area (Å²) >= 11 is 0. The van der Waals surface area contributed by atoms with Crippen LogP contribution in [0.2, 0.25) is 0 Å². The number of carbonyl (C=O) groups is 1. The van der Waals surface area contributed by atoms with Crippen LogP contribution in [0.4, 0.5) is 11.4 Å². The van der Waals surface area contributed by atoms with Crippen molar-refractivity contribution >= 4 is 39.5 Å². The molecule has 1 amide bonds. The first kappa shape index (κ1) is 21.1. The Morgan fingerprint density at radius 1 is 1.30 bits per heavy atom. The molecule has 1 aromatic carbocycles. The highest BCUT2D eigenvalue weighted by molar-refractivity contribution is 7.90. The van der Waals surface area contributed by atoms with Crippen molar-refractivity contribution in [2.24, 2.45) is 0 Å². The third-order valence-electron chi connectivity index (χ3n) is 2.69. The van der Waals surface area contributed by atoms with E-state index >= 15 is 0 Å². The van der Waals surface area contributed by atoms with Crippen LogP contribution in [0.25, 0.3) is 0 Å². The highest BCUT2D eigenvalue weighted by Gasteiger charge is 2.18. The molecular formula is C12H19ClN4O5S. The Hall–Kier alpha value is -1.91. The molecule has 0 saturated carbocycles. The lowest BCUT2D eigenvalue weighted by Crippen LogP contribution is -2.35. The molecule has 1 aromatic rings. The van der Waals surface area contributed by atoms with Gasteiger partial charge in [0.2, 0.25) is 5.91 Å². The summed E-state index contributed by atoms with van der Waals surface area (Å²) in [5.41, 5.74) is -0.134. The minimum Gasteiger partial charge on any atom is -0.378 e. The van der Waals surface area contributed by atoms with Gasteiger partial charge in [-0.25, -0.2) is 8.42 Å². The Morgan fingerprint density at radius 2 is 1.96 bits per heavy atom. The lowest BCUT2D eigenvalue weighted by molar-refractivity contribution is -0.384. The normalized spacial score (nSPS) is 10.5. The van der Waals surface area contributed by atoms with Crippen LogP contribution in [-0.2, 0) is 14.6 Å². The minimum absolute atomic E-state index is 0.